The van der Waals surface area contributed by atoms with Crippen molar-refractivity contribution in [3.8, 4) is 23.0 Å². The van der Waals surface area contributed by atoms with Crippen molar-refractivity contribution >= 4 is 0 Å². The van der Waals surface area contributed by atoms with Gasteiger partial charge in [0.25, 0.3) is 0 Å². The molecule has 0 amide bonds. The molecule has 160 valence electrons. The van der Waals surface area contributed by atoms with Crippen molar-refractivity contribution in [2.45, 2.75) is 32.0 Å². The number of ether oxygens (including phenoxy) is 4. The molecular weight excluding hydrogens is 376 g/mol. The summed E-state index contributed by atoms with van der Waals surface area (Å²) in [5.41, 5.74) is 1.53. The number of aromatic hydroxyl groups is 1. The first-order chi connectivity index (χ1) is 14.0. The average molecular weight is 406 g/mol. The molecule has 0 aromatic heterocycles. The number of aryl methyl sites for hydroxylation is 1. The lowest BCUT2D eigenvalue weighted by atomic mass is 10.0. The maximum absolute atomic E-state index is 10.7. The van der Waals surface area contributed by atoms with Crippen LogP contribution in [0.25, 0.3) is 0 Å². The van der Waals surface area contributed by atoms with E-state index < -0.39 is 18.8 Å². The Morgan fingerprint density at radius 1 is 0.966 bits per heavy atom. The number of hydrogen-bond donors (Lipinski definition) is 3. The summed E-state index contributed by atoms with van der Waals surface area (Å²) in [4.78, 5) is 0. The van der Waals surface area contributed by atoms with Crippen molar-refractivity contribution in [3.05, 3.63) is 47.5 Å². The average Bonchev–Trinajstić information content (AvgIpc) is 2.75. The van der Waals surface area contributed by atoms with Crippen LogP contribution in [0.5, 0.6) is 23.0 Å². The number of aliphatic hydroxyl groups is 2. The van der Waals surface area contributed by atoms with E-state index in [9.17, 15) is 15.3 Å². The van der Waals surface area contributed by atoms with Crippen LogP contribution in [0.2, 0.25) is 0 Å². The van der Waals surface area contributed by atoms with Crippen LogP contribution in [0.4, 0.5) is 0 Å². The van der Waals surface area contributed by atoms with E-state index in [-0.39, 0.29) is 11.5 Å². The zero-order valence-electron chi connectivity index (χ0n) is 17.1. The van der Waals surface area contributed by atoms with Crippen LogP contribution < -0.4 is 14.2 Å². The van der Waals surface area contributed by atoms with E-state index in [4.69, 9.17) is 18.9 Å². The molecular formula is C22H30O7. The highest BCUT2D eigenvalue weighted by molar-refractivity contribution is 5.44. The predicted octanol–water partition coefficient (Wildman–Crippen LogP) is 2.85. The van der Waals surface area contributed by atoms with E-state index in [2.05, 4.69) is 0 Å². The van der Waals surface area contributed by atoms with Gasteiger partial charge in [0, 0.05) is 13.2 Å². The molecule has 7 nitrogen and oxygen atoms in total. The Hall–Kier alpha value is -2.48. The second-order valence-electron chi connectivity index (χ2n) is 6.50. The first-order valence-corrected chi connectivity index (χ1v) is 9.61. The van der Waals surface area contributed by atoms with Crippen LogP contribution in [-0.4, -0.2) is 55.5 Å². The van der Waals surface area contributed by atoms with Crippen molar-refractivity contribution in [2.75, 3.05) is 34.0 Å². The molecule has 2 aromatic rings. The molecule has 7 heteroatoms. The monoisotopic (exact) mass is 406 g/mol. The van der Waals surface area contributed by atoms with Gasteiger partial charge in [0.1, 0.15) is 6.10 Å². The highest BCUT2D eigenvalue weighted by Crippen LogP contribution is 2.34. The summed E-state index contributed by atoms with van der Waals surface area (Å²) < 4.78 is 21.7. The molecule has 0 aliphatic carbocycles. The van der Waals surface area contributed by atoms with E-state index in [0.29, 0.717) is 30.3 Å². The molecule has 0 saturated carbocycles. The zero-order valence-corrected chi connectivity index (χ0v) is 17.1. The van der Waals surface area contributed by atoms with Crippen molar-refractivity contribution < 1.29 is 34.3 Å². The Morgan fingerprint density at radius 2 is 1.72 bits per heavy atom. The Balaban J connectivity index is 2.12. The number of rotatable bonds is 12. The van der Waals surface area contributed by atoms with Crippen LogP contribution in [0.3, 0.4) is 0 Å². The van der Waals surface area contributed by atoms with E-state index in [0.717, 1.165) is 18.4 Å². The lowest BCUT2D eigenvalue weighted by Crippen LogP contribution is -2.29. The summed E-state index contributed by atoms with van der Waals surface area (Å²) in [6, 6.07) is 10.0. The number of benzene rings is 2. The lowest BCUT2D eigenvalue weighted by molar-refractivity contribution is -0.000525. The smallest absolute Gasteiger partial charge is 0.161 e. The lowest BCUT2D eigenvalue weighted by Gasteiger charge is -2.24. The molecule has 29 heavy (non-hydrogen) atoms. The number of methoxy groups -OCH3 is 2. The Bertz CT molecular complexity index is 763. The zero-order chi connectivity index (χ0) is 21.2. The summed E-state index contributed by atoms with van der Waals surface area (Å²) in [6.45, 7) is 2.96. The van der Waals surface area contributed by atoms with Gasteiger partial charge in [-0.05, 0) is 55.2 Å². The third kappa shape index (κ3) is 6.25. The van der Waals surface area contributed by atoms with Crippen LogP contribution in [0, 0.1) is 0 Å². The Labute approximate surface area is 171 Å². The van der Waals surface area contributed by atoms with Crippen molar-refractivity contribution in [1.29, 1.82) is 0 Å². The minimum atomic E-state index is -1.13. The third-order valence-electron chi connectivity index (χ3n) is 4.54. The van der Waals surface area contributed by atoms with Crippen molar-refractivity contribution in [1.82, 2.24) is 0 Å². The maximum Gasteiger partial charge on any atom is 0.161 e. The summed E-state index contributed by atoms with van der Waals surface area (Å²) in [5.74, 6) is 1.14. The Morgan fingerprint density at radius 3 is 2.38 bits per heavy atom. The van der Waals surface area contributed by atoms with Gasteiger partial charge in [-0.2, -0.15) is 0 Å². The fourth-order valence-electron chi connectivity index (χ4n) is 2.95. The molecule has 2 atom stereocenters. The third-order valence-corrected chi connectivity index (χ3v) is 4.54. The first kappa shape index (κ1) is 22.8. The number of phenols is 1. The summed E-state index contributed by atoms with van der Waals surface area (Å²) in [5, 5.41) is 30.1. The van der Waals surface area contributed by atoms with E-state index >= 15 is 0 Å². The van der Waals surface area contributed by atoms with Gasteiger partial charge in [-0.3, -0.25) is 0 Å². The maximum atomic E-state index is 10.7. The molecule has 3 N–H and O–H groups in total. The SMILES string of the molecule is CCOCCCc1ccc(OC(CO)C(O)c2ccc(O)c(OC)c2)c(OC)c1. The summed E-state index contributed by atoms with van der Waals surface area (Å²) in [6.07, 6.45) is -0.319. The number of aliphatic hydroxyl groups excluding tert-OH is 2. The van der Waals surface area contributed by atoms with Crippen LogP contribution >= 0.6 is 0 Å². The molecule has 2 unspecified atom stereocenters. The van der Waals surface area contributed by atoms with Gasteiger partial charge in [0.15, 0.2) is 29.1 Å². The molecule has 2 rings (SSSR count). The highest BCUT2D eigenvalue weighted by Gasteiger charge is 2.24. The van der Waals surface area contributed by atoms with E-state index in [1.54, 1.807) is 19.2 Å². The molecule has 0 spiro atoms. The van der Waals surface area contributed by atoms with Gasteiger partial charge in [0.05, 0.1) is 20.8 Å². The number of hydrogen-bond acceptors (Lipinski definition) is 7. The molecule has 2 aromatic carbocycles. The van der Waals surface area contributed by atoms with Crippen molar-refractivity contribution in [2.24, 2.45) is 0 Å². The second kappa shape index (κ2) is 11.5. The van der Waals surface area contributed by atoms with Crippen LogP contribution in [0.1, 0.15) is 30.6 Å². The molecule has 0 bridgehead atoms. The fraction of sp³-hybridized carbons (Fsp3) is 0.455. The molecule has 0 radical (unpaired) electrons. The Kier molecular flexibility index (Phi) is 9.05. The first-order valence-electron chi connectivity index (χ1n) is 9.61. The molecule has 0 heterocycles. The van der Waals surface area contributed by atoms with Crippen LogP contribution in [0.15, 0.2) is 36.4 Å². The van der Waals surface area contributed by atoms with E-state index in [1.165, 1.54) is 19.2 Å². The van der Waals surface area contributed by atoms with Gasteiger partial charge in [-0.15, -0.1) is 0 Å². The van der Waals surface area contributed by atoms with Gasteiger partial charge >= 0.3 is 0 Å². The molecule has 0 saturated heterocycles. The van der Waals surface area contributed by atoms with E-state index in [1.807, 2.05) is 19.1 Å². The standard InChI is InChI=1S/C22H30O7/c1-4-28-11-5-6-15-7-10-18(20(12-15)27-3)29-21(14-23)22(25)16-8-9-17(24)19(13-16)26-2/h7-10,12-13,21-25H,4-6,11,14H2,1-3H3. The van der Waals surface area contributed by atoms with Gasteiger partial charge < -0.3 is 34.3 Å². The minimum Gasteiger partial charge on any atom is -0.504 e. The van der Waals surface area contributed by atoms with Gasteiger partial charge in [-0.1, -0.05) is 12.1 Å². The van der Waals surface area contributed by atoms with Gasteiger partial charge in [0.2, 0.25) is 0 Å². The van der Waals surface area contributed by atoms with Crippen LogP contribution in [-0.2, 0) is 11.2 Å². The quantitative estimate of drug-likeness (QED) is 0.466. The topological polar surface area (TPSA) is 97.6 Å². The normalized spacial score (nSPS) is 13.0. The number of phenolic OH excluding ortho intramolecular Hbond substituents is 1. The summed E-state index contributed by atoms with van der Waals surface area (Å²) >= 11 is 0. The fourth-order valence-corrected chi connectivity index (χ4v) is 2.95. The minimum absolute atomic E-state index is 0.0356. The molecule has 0 aliphatic heterocycles. The van der Waals surface area contributed by atoms with Gasteiger partial charge in [-0.25, -0.2) is 0 Å². The predicted molar refractivity (Wildman–Crippen MR) is 109 cm³/mol. The largest absolute Gasteiger partial charge is 0.504 e. The highest BCUT2D eigenvalue weighted by atomic mass is 16.5. The molecule has 0 fully saturated rings. The summed E-state index contributed by atoms with van der Waals surface area (Å²) in [7, 11) is 2.97. The molecule has 0 aliphatic rings. The second-order valence-corrected chi connectivity index (χ2v) is 6.50. The van der Waals surface area contributed by atoms with Crippen molar-refractivity contribution in [3.63, 3.8) is 0 Å².